The SMILES string of the molecule is CC(C)(C)OC(=O)N1CCCN(C(=O)/C=C/c2cnc3ccccn23)CC1. The van der Waals surface area contributed by atoms with Crippen molar-refractivity contribution in [2.75, 3.05) is 26.2 Å². The second kappa shape index (κ2) is 7.82. The number of imidazole rings is 1. The molecule has 0 unspecified atom stereocenters. The largest absolute Gasteiger partial charge is 0.444 e. The Hall–Kier alpha value is -2.83. The van der Waals surface area contributed by atoms with Crippen LogP contribution in [-0.4, -0.2) is 63.0 Å². The average molecular weight is 370 g/mol. The zero-order valence-corrected chi connectivity index (χ0v) is 16.1. The Bertz CT molecular complexity index is 850. The van der Waals surface area contributed by atoms with Gasteiger partial charge in [0.1, 0.15) is 11.2 Å². The topological polar surface area (TPSA) is 67.2 Å². The molecule has 3 heterocycles. The first kappa shape index (κ1) is 18.9. The Morgan fingerprint density at radius 1 is 1.11 bits per heavy atom. The summed E-state index contributed by atoms with van der Waals surface area (Å²) in [6, 6.07) is 5.77. The summed E-state index contributed by atoms with van der Waals surface area (Å²) in [5.74, 6) is -0.0630. The van der Waals surface area contributed by atoms with Crippen LogP contribution in [0.5, 0.6) is 0 Å². The first-order valence-electron chi connectivity index (χ1n) is 9.20. The molecule has 0 saturated carbocycles. The minimum absolute atomic E-state index is 0.0630. The third-order valence-electron chi connectivity index (χ3n) is 4.30. The van der Waals surface area contributed by atoms with E-state index in [2.05, 4.69) is 4.98 Å². The van der Waals surface area contributed by atoms with Crippen molar-refractivity contribution in [1.29, 1.82) is 0 Å². The first-order chi connectivity index (χ1) is 12.8. The van der Waals surface area contributed by atoms with Crippen molar-refractivity contribution >= 4 is 23.7 Å². The number of amides is 2. The summed E-state index contributed by atoms with van der Waals surface area (Å²) in [7, 11) is 0. The number of fused-ring (bicyclic) bond motifs is 1. The molecule has 144 valence electrons. The Morgan fingerprint density at radius 3 is 2.63 bits per heavy atom. The average Bonchev–Trinajstić information content (AvgIpc) is 2.85. The molecule has 2 aromatic rings. The van der Waals surface area contributed by atoms with Crippen LogP contribution in [0, 0.1) is 0 Å². The molecule has 2 amide bonds. The number of hydrogen-bond acceptors (Lipinski definition) is 4. The molecule has 0 aromatic carbocycles. The van der Waals surface area contributed by atoms with Crippen molar-refractivity contribution in [3.63, 3.8) is 0 Å². The third-order valence-corrected chi connectivity index (χ3v) is 4.30. The van der Waals surface area contributed by atoms with E-state index in [1.165, 1.54) is 0 Å². The maximum absolute atomic E-state index is 12.6. The summed E-state index contributed by atoms with van der Waals surface area (Å²) in [5, 5.41) is 0. The molecule has 7 heteroatoms. The van der Waals surface area contributed by atoms with Gasteiger partial charge in [0.25, 0.3) is 0 Å². The molecular formula is C20H26N4O3. The molecule has 0 spiro atoms. The smallest absolute Gasteiger partial charge is 0.410 e. The number of pyridine rings is 1. The van der Waals surface area contributed by atoms with Crippen molar-refractivity contribution in [2.45, 2.75) is 32.8 Å². The molecule has 2 aromatic heterocycles. The van der Waals surface area contributed by atoms with Crippen LogP contribution in [0.25, 0.3) is 11.7 Å². The van der Waals surface area contributed by atoms with Gasteiger partial charge in [-0.1, -0.05) is 6.07 Å². The van der Waals surface area contributed by atoms with Gasteiger partial charge in [-0.3, -0.25) is 4.79 Å². The van der Waals surface area contributed by atoms with E-state index in [1.807, 2.05) is 49.6 Å². The minimum Gasteiger partial charge on any atom is -0.444 e. The Labute approximate surface area is 159 Å². The fourth-order valence-electron chi connectivity index (χ4n) is 2.98. The molecular weight excluding hydrogens is 344 g/mol. The molecule has 7 nitrogen and oxygen atoms in total. The molecule has 0 bridgehead atoms. The molecule has 3 rings (SSSR count). The van der Waals surface area contributed by atoms with Gasteiger partial charge in [-0.2, -0.15) is 0 Å². The van der Waals surface area contributed by atoms with Crippen molar-refractivity contribution in [3.8, 4) is 0 Å². The zero-order chi connectivity index (χ0) is 19.4. The van der Waals surface area contributed by atoms with Crippen LogP contribution in [0.3, 0.4) is 0 Å². The lowest BCUT2D eigenvalue weighted by molar-refractivity contribution is -0.125. The summed E-state index contributed by atoms with van der Waals surface area (Å²) < 4.78 is 7.35. The number of carbonyl (C=O) groups excluding carboxylic acids is 2. The predicted octanol–water partition coefficient (Wildman–Crippen LogP) is 2.82. The normalized spacial score (nSPS) is 16.0. The highest BCUT2D eigenvalue weighted by molar-refractivity contribution is 5.91. The number of aromatic nitrogens is 2. The number of carbonyl (C=O) groups is 2. The van der Waals surface area contributed by atoms with E-state index in [4.69, 9.17) is 4.74 Å². The van der Waals surface area contributed by atoms with Gasteiger partial charge in [0, 0.05) is 38.5 Å². The highest BCUT2D eigenvalue weighted by Crippen LogP contribution is 2.13. The molecule has 1 aliphatic rings. The van der Waals surface area contributed by atoms with Gasteiger partial charge in [-0.15, -0.1) is 0 Å². The van der Waals surface area contributed by atoms with E-state index in [0.717, 1.165) is 17.8 Å². The molecule has 0 aliphatic carbocycles. The van der Waals surface area contributed by atoms with Crippen LogP contribution in [0.4, 0.5) is 4.79 Å². The highest BCUT2D eigenvalue weighted by Gasteiger charge is 2.25. The summed E-state index contributed by atoms with van der Waals surface area (Å²) >= 11 is 0. The molecule has 1 fully saturated rings. The molecule has 1 aliphatic heterocycles. The molecule has 0 atom stereocenters. The third kappa shape index (κ3) is 4.87. The quantitative estimate of drug-likeness (QED) is 0.763. The lowest BCUT2D eigenvalue weighted by atomic mass is 10.2. The first-order valence-corrected chi connectivity index (χ1v) is 9.20. The van der Waals surface area contributed by atoms with Crippen molar-refractivity contribution in [3.05, 3.63) is 42.4 Å². The van der Waals surface area contributed by atoms with Crippen molar-refractivity contribution in [2.24, 2.45) is 0 Å². The van der Waals surface area contributed by atoms with Gasteiger partial charge in [0.2, 0.25) is 5.91 Å². The number of ether oxygens (including phenoxy) is 1. The summed E-state index contributed by atoms with van der Waals surface area (Å²) in [5.41, 5.74) is 1.17. The van der Waals surface area contributed by atoms with Crippen LogP contribution in [-0.2, 0) is 9.53 Å². The zero-order valence-electron chi connectivity index (χ0n) is 16.1. The molecule has 27 heavy (non-hydrogen) atoms. The standard InChI is InChI=1S/C20H26N4O3/c1-20(2,3)27-19(26)23-11-6-10-22(13-14-23)18(25)9-8-16-15-21-17-7-4-5-12-24(16)17/h4-5,7-9,12,15H,6,10-11,13-14H2,1-3H3/b9-8+. The van der Waals surface area contributed by atoms with Gasteiger partial charge in [-0.05, 0) is 45.4 Å². The Kier molecular flexibility index (Phi) is 5.48. The number of hydrogen-bond donors (Lipinski definition) is 0. The lowest BCUT2D eigenvalue weighted by Gasteiger charge is -2.26. The van der Waals surface area contributed by atoms with Crippen molar-refractivity contribution < 1.29 is 14.3 Å². The summed E-state index contributed by atoms with van der Waals surface area (Å²) in [6.45, 7) is 7.74. The van der Waals surface area contributed by atoms with E-state index in [9.17, 15) is 9.59 Å². The van der Waals surface area contributed by atoms with Gasteiger partial charge in [-0.25, -0.2) is 9.78 Å². The Balaban J connectivity index is 1.60. The van der Waals surface area contributed by atoms with E-state index in [1.54, 1.807) is 28.1 Å². The van der Waals surface area contributed by atoms with Gasteiger partial charge >= 0.3 is 6.09 Å². The van der Waals surface area contributed by atoms with Crippen LogP contribution in [0.15, 0.2) is 36.7 Å². The van der Waals surface area contributed by atoms with E-state index >= 15 is 0 Å². The summed E-state index contributed by atoms with van der Waals surface area (Å²) in [4.78, 5) is 32.5. The maximum Gasteiger partial charge on any atom is 0.410 e. The highest BCUT2D eigenvalue weighted by atomic mass is 16.6. The van der Waals surface area contributed by atoms with Gasteiger partial charge < -0.3 is 18.9 Å². The van der Waals surface area contributed by atoms with Gasteiger partial charge in [0.05, 0.1) is 11.9 Å². The van der Waals surface area contributed by atoms with E-state index in [-0.39, 0.29) is 12.0 Å². The predicted molar refractivity (Wildman–Crippen MR) is 103 cm³/mol. The van der Waals surface area contributed by atoms with E-state index in [0.29, 0.717) is 26.2 Å². The summed E-state index contributed by atoms with van der Waals surface area (Å²) in [6.07, 6.45) is 7.41. The van der Waals surface area contributed by atoms with Crippen LogP contribution < -0.4 is 0 Å². The maximum atomic E-state index is 12.6. The van der Waals surface area contributed by atoms with E-state index < -0.39 is 5.60 Å². The molecule has 0 N–H and O–H groups in total. The second-order valence-electron chi connectivity index (χ2n) is 7.59. The van der Waals surface area contributed by atoms with Crippen molar-refractivity contribution in [1.82, 2.24) is 19.2 Å². The van der Waals surface area contributed by atoms with Crippen LogP contribution in [0.2, 0.25) is 0 Å². The minimum atomic E-state index is -0.518. The molecule has 0 radical (unpaired) electrons. The number of nitrogens with zero attached hydrogens (tertiary/aromatic N) is 4. The lowest BCUT2D eigenvalue weighted by Crippen LogP contribution is -2.39. The molecule has 1 saturated heterocycles. The monoisotopic (exact) mass is 370 g/mol. The van der Waals surface area contributed by atoms with Crippen LogP contribution in [0.1, 0.15) is 32.9 Å². The fourth-order valence-corrected chi connectivity index (χ4v) is 2.98. The van der Waals surface area contributed by atoms with Crippen LogP contribution >= 0.6 is 0 Å². The number of rotatable bonds is 2. The second-order valence-corrected chi connectivity index (χ2v) is 7.59. The van der Waals surface area contributed by atoms with Gasteiger partial charge in [0.15, 0.2) is 0 Å². The fraction of sp³-hybridized carbons (Fsp3) is 0.450. The Morgan fingerprint density at radius 2 is 1.85 bits per heavy atom.